The largest absolute Gasteiger partial charge is 0.480 e. The Morgan fingerprint density at radius 2 is 1.94 bits per heavy atom. The third-order valence-electron chi connectivity index (χ3n) is 4.52. The summed E-state index contributed by atoms with van der Waals surface area (Å²) in [6.45, 7) is 6.93. The van der Waals surface area contributed by atoms with Gasteiger partial charge in [-0.25, -0.2) is 0 Å². The molecule has 4 heteroatoms. The Morgan fingerprint density at radius 1 is 1.44 bits per heavy atom. The third kappa shape index (κ3) is 3.69. The van der Waals surface area contributed by atoms with Gasteiger partial charge in [0.2, 0.25) is 0 Å². The van der Waals surface area contributed by atoms with E-state index in [0.717, 1.165) is 0 Å². The standard InChI is InChI=1S/C14H28N2O2/c1-13(2)8-6-11(7-9-13)16(5)10-14(3,15-4)12(17)18/h11,15H,6-10H2,1-5H3,(H,17,18). The zero-order valence-corrected chi connectivity index (χ0v) is 12.4. The molecule has 0 heterocycles. The van der Waals surface area contributed by atoms with Crippen LogP contribution in [0.25, 0.3) is 0 Å². The first-order chi connectivity index (χ1) is 8.20. The molecular formula is C14H28N2O2. The van der Waals surface area contributed by atoms with Crippen LogP contribution in [0.2, 0.25) is 0 Å². The van der Waals surface area contributed by atoms with Gasteiger partial charge in [-0.15, -0.1) is 0 Å². The number of carbonyl (C=O) groups is 1. The molecular weight excluding hydrogens is 228 g/mol. The predicted molar refractivity (Wildman–Crippen MR) is 73.8 cm³/mol. The highest BCUT2D eigenvalue weighted by molar-refractivity contribution is 5.78. The average molecular weight is 256 g/mol. The van der Waals surface area contributed by atoms with E-state index >= 15 is 0 Å². The van der Waals surface area contributed by atoms with Gasteiger partial charge >= 0.3 is 5.97 Å². The van der Waals surface area contributed by atoms with Crippen LogP contribution >= 0.6 is 0 Å². The molecule has 4 nitrogen and oxygen atoms in total. The third-order valence-corrected chi connectivity index (χ3v) is 4.52. The Bertz CT molecular complexity index is 294. The number of likely N-dealkylation sites (N-methyl/N-ethyl adjacent to an activating group) is 2. The maximum Gasteiger partial charge on any atom is 0.324 e. The summed E-state index contributed by atoms with van der Waals surface area (Å²) in [5.41, 5.74) is -0.405. The highest BCUT2D eigenvalue weighted by Crippen LogP contribution is 2.36. The quantitative estimate of drug-likeness (QED) is 0.789. The van der Waals surface area contributed by atoms with Crippen molar-refractivity contribution in [1.29, 1.82) is 0 Å². The molecule has 18 heavy (non-hydrogen) atoms. The van der Waals surface area contributed by atoms with E-state index in [-0.39, 0.29) is 0 Å². The maximum absolute atomic E-state index is 11.3. The molecule has 0 saturated heterocycles. The lowest BCUT2D eigenvalue weighted by molar-refractivity contribution is -0.145. The molecule has 0 aromatic rings. The Labute approximate surface area is 111 Å². The van der Waals surface area contributed by atoms with Crippen molar-refractivity contribution in [2.45, 2.75) is 58.0 Å². The molecule has 1 atom stereocenters. The highest BCUT2D eigenvalue weighted by Gasteiger charge is 2.36. The number of nitrogens with one attached hydrogen (secondary N) is 1. The molecule has 1 aliphatic rings. The van der Waals surface area contributed by atoms with Crippen LogP contribution in [0.4, 0.5) is 0 Å². The first kappa shape index (κ1) is 15.4. The number of nitrogens with zero attached hydrogens (tertiary/aromatic N) is 1. The first-order valence-electron chi connectivity index (χ1n) is 6.83. The predicted octanol–water partition coefficient (Wildman–Crippen LogP) is 1.95. The second-order valence-electron chi connectivity index (χ2n) is 6.70. The fraction of sp³-hybridized carbons (Fsp3) is 0.929. The minimum atomic E-state index is -0.859. The van der Waals surface area contributed by atoms with E-state index in [1.165, 1.54) is 25.7 Å². The van der Waals surface area contributed by atoms with Crippen LogP contribution in [0.15, 0.2) is 0 Å². The Kier molecular flexibility index (Phi) is 4.78. The van der Waals surface area contributed by atoms with Crippen LogP contribution in [-0.2, 0) is 4.79 Å². The smallest absolute Gasteiger partial charge is 0.324 e. The molecule has 0 radical (unpaired) electrons. The molecule has 1 rings (SSSR count). The van der Waals surface area contributed by atoms with Gasteiger partial charge in [0.25, 0.3) is 0 Å². The van der Waals surface area contributed by atoms with E-state index in [0.29, 0.717) is 18.0 Å². The van der Waals surface area contributed by atoms with Crippen molar-refractivity contribution < 1.29 is 9.90 Å². The lowest BCUT2D eigenvalue weighted by Gasteiger charge is -2.41. The van der Waals surface area contributed by atoms with Crippen LogP contribution < -0.4 is 5.32 Å². The summed E-state index contributed by atoms with van der Waals surface area (Å²) in [6.07, 6.45) is 4.79. The molecule has 0 spiro atoms. The number of aliphatic carboxylic acids is 1. The molecule has 1 fully saturated rings. The SMILES string of the molecule is CNC(C)(CN(C)C1CCC(C)(C)CC1)C(=O)O. The van der Waals surface area contributed by atoms with Gasteiger partial charge in [0.1, 0.15) is 5.54 Å². The topological polar surface area (TPSA) is 52.6 Å². The average Bonchev–Trinajstić information content (AvgIpc) is 2.28. The zero-order valence-electron chi connectivity index (χ0n) is 12.4. The summed E-state index contributed by atoms with van der Waals surface area (Å²) in [7, 11) is 3.76. The van der Waals surface area contributed by atoms with E-state index in [9.17, 15) is 9.90 Å². The molecule has 1 saturated carbocycles. The fourth-order valence-electron chi connectivity index (χ4n) is 2.71. The molecule has 1 aliphatic carbocycles. The van der Waals surface area contributed by atoms with E-state index < -0.39 is 11.5 Å². The van der Waals surface area contributed by atoms with E-state index in [2.05, 4.69) is 24.1 Å². The van der Waals surface area contributed by atoms with Crippen LogP contribution in [0, 0.1) is 5.41 Å². The van der Waals surface area contributed by atoms with Crippen molar-refractivity contribution in [1.82, 2.24) is 10.2 Å². The second kappa shape index (κ2) is 5.57. The Hall–Kier alpha value is -0.610. The first-order valence-corrected chi connectivity index (χ1v) is 6.83. The van der Waals surface area contributed by atoms with Crippen molar-refractivity contribution in [2.75, 3.05) is 20.6 Å². The monoisotopic (exact) mass is 256 g/mol. The summed E-state index contributed by atoms with van der Waals surface area (Å²) < 4.78 is 0. The normalized spacial score (nSPS) is 23.9. The van der Waals surface area contributed by atoms with Crippen molar-refractivity contribution in [2.24, 2.45) is 5.41 Å². The molecule has 106 valence electrons. The Balaban J connectivity index is 2.56. The maximum atomic E-state index is 11.3. The number of rotatable bonds is 5. The van der Waals surface area contributed by atoms with Gasteiger partial charge in [0.05, 0.1) is 0 Å². The van der Waals surface area contributed by atoms with Gasteiger partial charge < -0.3 is 15.3 Å². The lowest BCUT2D eigenvalue weighted by atomic mass is 9.75. The van der Waals surface area contributed by atoms with E-state index in [1.807, 2.05) is 7.05 Å². The molecule has 0 aromatic carbocycles. The van der Waals surface area contributed by atoms with Crippen LogP contribution in [0.3, 0.4) is 0 Å². The van der Waals surface area contributed by atoms with Gasteiger partial charge in [-0.1, -0.05) is 13.8 Å². The molecule has 0 amide bonds. The minimum Gasteiger partial charge on any atom is -0.480 e. The van der Waals surface area contributed by atoms with Gasteiger partial charge in [0, 0.05) is 12.6 Å². The van der Waals surface area contributed by atoms with Gasteiger partial charge in [0.15, 0.2) is 0 Å². The van der Waals surface area contributed by atoms with E-state index in [4.69, 9.17) is 0 Å². The molecule has 0 aliphatic heterocycles. The van der Waals surface area contributed by atoms with Crippen LogP contribution in [0.5, 0.6) is 0 Å². The number of hydrogen-bond acceptors (Lipinski definition) is 3. The summed E-state index contributed by atoms with van der Waals surface area (Å²) in [6, 6.07) is 0.519. The van der Waals surface area contributed by atoms with Gasteiger partial charge in [-0.2, -0.15) is 0 Å². The molecule has 0 bridgehead atoms. The number of hydrogen-bond donors (Lipinski definition) is 2. The second-order valence-corrected chi connectivity index (χ2v) is 6.70. The van der Waals surface area contributed by atoms with Crippen LogP contribution in [0.1, 0.15) is 46.5 Å². The highest BCUT2D eigenvalue weighted by atomic mass is 16.4. The summed E-state index contributed by atoms with van der Waals surface area (Å²) in [5.74, 6) is -0.784. The summed E-state index contributed by atoms with van der Waals surface area (Å²) in [5, 5.41) is 12.2. The van der Waals surface area contributed by atoms with Crippen LogP contribution in [-0.4, -0.2) is 48.2 Å². The summed E-state index contributed by atoms with van der Waals surface area (Å²) in [4.78, 5) is 13.5. The molecule has 2 N–H and O–H groups in total. The van der Waals surface area contributed by atoms with Gasteiger partial charge in [-0.05, 0) is 52.1 Å². The van der Waals surface area contributed by atoms with Gasteiger partial charge in [-0.3, -0.25) is 4.79 Å². The van der Waals surface area contributed by atoms with Crippen molar-refractivity contribution >= 4 is 5.97 Å². The number of carboxylic acids is 1. The van der Waals surface area contributed by atoms with Crippen molar-refractivity contribution in [3.05, 3.63) is 0 Å². The fourth-order valence-corrected chi connectivity index (χ4v) is 2.71. The molecule has 1 unspecified atom stereocenters. The van der Waals surface area contributed by atoms with Crippen molar-refractivity contribution in [3.8, 4) is 0 Å². The number of carboxylic acid groups (broad SMARTS) is 1. The van der Waals surface area contributed by atoms with Crippen molar-refractivity contribution in [3.63, 3.8) is 0 Å². The van der Waals surface area contributed by atoms with E-state index in [1.54, 1.807) is 14.0 Å². The minimum absolute atomic E-state index is 0.455. The zero-order chi connectivity index (χ0) is 14.0. The summed E-state index contributed by atoms with van der Waals surface area (Å²) >= 11 is 0. The Morgan fingerprint density at radius 3 is 2.33 bits per heavy atom. The molecule has 0 aromatic heterocycles. The lowest BCUT2D eigenvalue weighted by Crippen LogP contribution is -2.56.